The molecule has 182 valence electrons. The third-order valence-corrected chi connectivity index (χ3v) is 8.50. The van der Waals surface area contributed by atoms with E-state index in [0.29, 0.717) is 26.2 Å². The van der Waals surface area contributed by atoms with Gasteiger partial charge in [0.05, 0.1) is 12.6 Å². The number of aryl methyl sites for hydroxylation is 2. The minimum atomic E-state index is -0.0168. The van der Waals surface area contributed by atoms with E-state index in [2.05, 4.69) is 47.5 Å². The van der Waals surface area contributed by atoms with Crippen molar-refractivity contribution in [3.63, 3.8) is 0 Å². The van der Waals surface area contributed by atoms with Gasteiger partial charge in [-0.15, -0.1) is 11.3 Å². The Hall–Kier alpha value is -2.96. The van der Waals surface area contributed by atoms with Crippen molar-refractivity contribution in [3.8, 4) is 0 Å². The van der Waals surface area contributed by atoms with Gasteiger partial charge < -0.3 is 9.80 Å². The maximum Gasteiger partial charge on any atom is 0.254 e. The molecule has 0 saturated carbocycles. The highest BCUT2D eigenvalue weighted by Gasteiger charge is 2.35. The van der Waals surface area contributed by atoms with Crippen LogP contribution < -0.4 is 0 Å². The summed E-state index contributed by atoms with van der Waals surface area (Å²) in [6.07, 6.45) is 0.984. The normalized spacial score (nSPS) is 20.5. The van der Waals surface area contributed by atoms with Crippen molar-refractivity contribution in [3.05, 3.63) is 92.7 Å². The van der Waals surface area contributed by atoms with E-state index in [-0.39, 0.29) is 23.9 Å². The smallest absolute Gasteiger partial charge is 0.254 e. The Morgan fingerprint density at radius 2 is 1.66 bits per heavy atom. The zero-order valence-corrected chi connectivity index (χ0v) is 21.6. The molecule has 0 unspecified atom stereocenters. The fourth-order valence-electron chi connectivity index (χ4n) is 5.52. The number of carbonyl (C=O) groups is 2. The summed E-state index contributed by atoms with van der Waals surface area (Å²) in [5.41, 5.74) is 5.61. The quantitative estimate of drug-likeness (QED) is 0.537. The molecule has 6 heteroatoms. The second kappa shape index (κ2) is 9.96. The first kappa shape index (κ1) is 23.8. The van der Waals surface area contributed by atoms with Crippen LogP contribution in [0.25, 0.3) is 0 Å². The highest BCUT2D eigenvalue weighted by atomic mass is 32.1. The van der Waals surface area contributed by atoms with Crippen LogP contribution >= 0.6 is 11.3 Å². The van der Waals surface area contributed by atoms with Crippen molar-refractivity contribution in [2.75, 3.05) is 32.7 Å². The number of rotatable bonds is 4. The van der Waals surface area contributed by atoms with Crippen LogP contribution in [0.3, 0.4) is 0 Å². The molecule has 3 aromatic rings. The van der Waals surface area contributed by atoms with Crippen molar-refractivity contribution in [1.29, 1.82) is 0 Å². The van der Waals surface area contributed by atoms with Crippen molar-refractivity contribution in [2.24, 2.45) is 0 Å². The molecule has 0 spiro atoms. The third-order valence-electron chi connectivity index (χ3n) is 7.50. The Kier molecular flexibility index (Phi) is 6.76. The number of benzene rings is 2. The lowest BCUT2D eigenvalue weighted by Gasteiger charge is -2.42. The zero-order chi connectivity index (χ0) is 24.5. The maximum atomic E-state index is 13.5. The van der Waals surface area contributed by atoms with E-state index in [9.17, 15) is 9.59 Å². The van der Waals surface area contributed by atoms with Crippen LogP contribution in [0.1, 0.15) is 50.5 Å². The fraction of sp³-hybridized carbons (Fsp3) is 0.379. The topological polar surface area (TPSA) is 43.9 Å². The van der Waals surface area contributed by atoms with Crippen molar-refractivity contribution in [1.82, 2.24) is 14.7 Å². The van der Waals surface area contributed by atoms with Gasteiger partial charge in [-0.25, -0.2) is 0 Å². The maximum absolute atomic E-state index is 13.5. The van der Waals surface area contributed by atoms with E-state index in [1.165, 1.54) is 21.6 Å². The van der Waals surface area contributed by atoms with Gasteiger partial charge in [-0.1, -0.05) is 42.5 Å². The minimum absolute atomic E-state index is 0.0168. The molecule has 0 N–H and O–H groups in total. The summed E-state index contributed by atoms with van der Waals surface area (Å²) in [6, 6.07) is 18.6. The van der Waals surface area contributed by atoms with Gasteiger partial charge in [0.2, 0.25) is 5.91 Å². The number of hydrogen-bond donors (Lipinski definition) is 0. The molecule has 2 atom stereocenters. The van der Waals surface area contributed by atoms with Gasteiger partial charge >= 0.3 is 0 Å². The molecule has 0 bridgehead atoms. The van der Waals surface area contributed by atoms with Crippen molar-refractivity contribution >= 4 is 23.2 Å². The monoisotopic (exact) mass is 487 g/mol. The van der Waals surface area contributed by atoms with Crippen LogP contribution in [0.5, 0.6) is 0 Å². The molecule has 0 radical (unpaired) electrons. The molecule has 3 heterocycles. The summed E-state index contributed by atoms with van der Waals surface area (Å²) in [5.74, 6) is 0.209. The van der Waals surface area contributed by atoms with Crippen molar-refractivity contribution < 1.29 is 9.59 Å². The molecule has 2 aliphatic heterocycles. The number of fused-ring (bicyclic) bond motifs is 1. The Bertz CT molecular complexity index is 1240. The second-order valence-electron chi connectivity index (χ2n) is 9.78. The van der Waals surface area contributed by atoms with Gasteiger partial charge in [0, 0.05) is 42.7 Å². The van der Waals surface area contributed by atoms with E-state index in [4.69, 9.17) is 0 Å². The molecule has 5 nitrogen and oxygen atoms in total. The molecule has 1 fully saturated rings. The standard InChI is InChI=1S/C29H33N3O2S/c1-20-8-4-6-10-23(20)28-25-13-17-35-26(25)12-14-31(28)19-27(33)30-15-16-32(22(3)18-30)29(34)24-11-7-5-9-21(24)2/h4-11,13,17,22,28H,12,14-16,18-19H2,1-3H3/t22-,28-/m0/s1. The Morgan fingerprint density at radius 1 is 0.914 bits per heavy atom. The van der Waals surface area contributed by atoms with Crippen LogP contribution in [-0.4, -0.2) is 65.3 Å². The summed E-state index contributed by atoms with van der Waals surface area (Å²) in [4.78, 5) is 34.3. The van der Waals surface area contributed by atoms with Gasteiger partial charge in [0.1, 0.15) is 0 Å². The van der Waals surface area contributed by atoms with E-state index in [1.807, 2.05) is 59.2 Å². The number of hydrogen-bond acceptors (Lipinski definition) is 4. The number of thiophene rings is 1. The summed E-state index contributed by atoms with van der Waals surface area (Å²) in [7, 11) is 0. The molecule has 5 rings (SSSR count). The SMILES string of the molecule is Cc1ccccc1C(=O)N1CCN(C(=O)CN2CCc3sccc3[C@@H]2c2ccccc2C)C[C@@H]1C. The molecule has 2 aliphatic rings. The zero-order valence-electron chi connectivity index (χ0n) is 20.7. The van der Waals surface area contributed by atoms with E-state index in [1.54, 1.807) is 0 Å². The molecule has 1 aromatic heterocycles. The van der Waals surface area contributed by atoms with Gasteiger partial charge in [0.25, 0.3) is 5.91 Å². The highest BCUT2D eigenvalue weighted by molar-refractivity contribution is 7.10. The number of piperazine rings is 1. The van der Waals surface area contributed by atoms with Gasteiger partial charge in [-0.2, -0.15) is 0 Å². The van der Waals surface area contributed by atoms with Crippen molar-refractivity contribution in [2.45, 2.75) is 39.3 Å². The minimum Gasteiger partial charge on any atom is -0.338 e. The Morgan fingerprint density at radius 3 is 2.40 bits per heavy atom. The van der Waals surface area contributed by atoms with Crippen LogP contribution in [0, 0.1) is 13.8 Å². The van der Waals surface area contributed by atoms with Crippen LogP contribution in [-0.2, 0) is 11.2 Å². The predicted octanol–water partition coefficient (Wildman–Crippen LogP) is 4.69. The van der Waals surface area contributed by atoms with Gasteiger partial charge in [-0.3, -0.25) is 14.5 Å². The van der Waals surface area contributed by atoms with E-state index >= 15 is 0 Å². The first-order chi connectivity index (χ1) is 16.9. The lowest BCUT2D eigenvalue weighted by molar-refractivity contribution is -0.135. The van der Waals surface area contributed by atoms with E-state index in [0.717, 1.165) is 24.1 Å². The van der Waals surface area contributed by atoms with Gasteiger partial charge in [0.15, 0.2) is 0 Å². The summed E-state index contributed by atoms with van der Waals surface area (Å²) >= 11 is 1.82. The average molecular weight is 488 g/mol. The number of amides is 2. The molecular formula is C29H33N3O2S. The number of carbonyl (C=O) groups excluding carboxylic acids is 2. The number of nitrogens with zero attached hydrogens (tertiary/aromatic N) is 3. The molecule has 2 amide bonds. The molecule has 1 saturated heterocycles. The molecule has 35 heavy (non-hydrogen) atoms. The van der Waals surface area contributed by atoms with Gasteiger partial charge in [-0.05, 0) is 67.0 Å². The third kappa shape index (κ3) is 4.65. The van der Waals surface area contributed by atoms with Crippen LogP contribution in [0.2, 0.25) is 0 Å². The molecule has 2 aromatic carbocycles. The van der Waals surface area contributed by atoms with Crippen LogP contribution in [0.4, 0.5) is 0 Å². The summed E-state index contributed by atoms with van der Waals surface area (Å²) in [5, 5.41) is 2.17. The highest BCUT2D eigenvalue weighted by Crippen LogP contribution is 2.38. The van der Waals surface area contributed by atoms with Crippen LogP contribution in [0.15, 0.2) is 60.0 Å². The summed E-state index contributed by atoms with van der Waals surface area (Å²) < 4.78 is 0. The molecular weight excluding hydrogens is 454 g/mol. The lowest BCUT2D eigenvalue weighted by Crippen LogP contribution is -2.57. The largest absolute Gasteiger partial charge is 0.338 e. The summed E-state index contributed by atoms with van der Waals surface area (Å²) in [6.45, 7) is 9.16. The first-order valence-corrected chi connectivity index (χ1v) is 13.3. The van der Waals surface area contributed by atoms with E-state index < -0.39 is 0 Å². The Balaban J connectivity index is 1.30. The first-order valence-electron chi connectivity index (χ1n) is 12.4. The predicted molar refractivity (Wildman–Crippen MR) is 141 cm³/mol. The lowest BCUT2D eigenvalue weighted by atomic mass is 9.90. The Labute approximate surface area is 212 Å². The second-order valence-corrected chi connectivity index (χ2v) is 10.8. The fourth-order valence-corrected chi connectivity index (χ4v) is 6.43. The average Bonchev–Trinajstić information content (AvgIpc) is 3.33. The molecule has 0 aliphatic carbocycles.